The molecule has 0 saturated heterocycles. The molecule has 0 radical (unpaired) electrons. The summed E-state index contributed by atoms with van der Waals surface area (Å²) < 4.78 is 11.4. The fraction of sp³-hybridized carbons (Fsp3) is 0.611. The molecule has 2 rings (SSSR count). The number of carbonyl (C=O) groups excluding carboxylic acids is 1. The average molecular weight is 335 g/mol. The second-order valence-corrected chi connectivity index (χ2v) is 7.19. The predicted octanol–water partition coefficient (Wildman–Crippen LogP) is 2.33. The van der Waals surface area contributed by atoms with Crippen LogP contribution in [0, 0.1) is 0 Å². The summed E-state index contributed by atoms with van der Waals surface area (Å²) in [5.41, 5.74) is 0.513. The summed E-state index contributed by atoms with van der Waals surface area (Å²) in [6.45, 7) is 7.71. The fourth-order valence-electron chi connectivity index (χ4n) is 2.61. The van der Waals surface area contributed by atoms with Crippen molar-refractivity contribution < 1.29 is 14.3 Å². The molecule has 0 aliphatic carbocycles. The fourth-order valence-corrected chi connectivity index (χ4v) is 2.61. The average Bonchev–Trinajstić information content (AvgIpc) is 2.65. The van der Waals surface area contributed by atoms with Gasteiger partial charge in [0.15, 0.2) is 0 Å². The van der Waals surface area contributed by atoms with E-state index in [1.54, 1.807) is 12.0 Å². The van der Waals surface area contributed by atoms with Crippen LogP contribution in [-0.4, -0.2) is 61.8 Å². The van der Waals surface area contributed by atoms with Gasteiger partial charge >= 0.3 is 6.03 Å². The number of benzene rings is 1. The lowest BCUT2D eigenvalue weighted by molar-refractivity contribution is 0.0802. The van der Waals surface area contributed by atoms with Gasteiger partial charge in [0.2, 0.25) is 0 Å². The van der Waals surface area contributed by atoms with Crippen LogP contribution in [-0.2, 0) is 6.54 Å². The van der Waals surface area contributed by atoms with E-state index in [2.05, 4.69) is 17.1 Å². The largest absolute Gasteiger partial charge is 0.497 e. The van der Waals surface area contributed by atoms with Gasteiger partial charge in [0, 0.05) is 24.2 Å². The number of hydrogen-bond donors (Lipinski definition) is 1. The summed E-state index contributed by atoms with van der Waals surface area (Å²) >= 11 is 0. The van der Waals surface area contributed by atoms with Gasteiger partial charge in [0.05, 0.1) is 20.2 Å². The minimum atomic E-state index is -0.470. The van der Waals surface area contributed by atoms with Crippen molar-refractivity contribution in [2.45, 2.75) is 39.0 Å². The third kappa shape index (κ3) is 4.54. The predicted molar refractivity (Wildman–Crippen MR) is 94.7 cm³/mol. The second kappa shape index (κ2) is 7.30. The molecule has 0 saturated carbocycles. The highest BCUT2D eigenvalue weighted by Gasteiger charge is 2.31. The van der Waals surface area contributed by atoms with E-state index in [0.717, 1.165) is 17.1 Å². The van der Waals surface area contributed by atoms with Crippen LogP contribution in [0.2, 0.25) is 0 Å². The van der Waals surface area contributed by atoms with Crippen molar-refractivity contribution in [3.8, 4) is 11.5 Å². The van der Waals surface area contributed by atoms with E-state index in [1.165, 1.54) is 0 Å². The topological polar surface area (TPSA) is 54.0 Å². The Morgan fingerprint density at radius 3 is 2.79 bits per heavy atom. The highest BCUT2D eigenvalue weighted by molar-refractivity contribution is 5.74. The lowest BCUT2D eigenvalue weighted by Gasteiger charge is -2.30. The first-order valence-corrected chi connectivity index (χ1v) is 8.27. The normalized spacial score (nSPS) is 17.5. The maximum atomic E-state index is 12.6. The summed E-state index contributed by atoms with van der Waals surface area (Å²) in [6, 6.07) is 5.95. The number of nitrogens with one attached hydrogen (secondary N) is 1. The van der Waals surface area contributed by atoms with Gasteiger partial charge in [-0.2, -0.15) is 0 Å². The summed E-state index contributed by atoms with van der Waals surface area (Å²) in [5.74, 6) is 1.53. The molecule has 6 nitrogen and oxygen atoms in total. The van der Waals surface area contributed by atoms with E-state index in [9.17, 15) is 4.79 Å². The maximum absolute atomic E-state index is 12.6. The quantitative estimate of drug-likeness (QED) is 0.917. The van der Waals surface area contributed by atoms with Gasteiger partial charge in [-0.3, -0.25) is 0 Å². The van der Waals surface area contributed by atoms with Crippen molar-refractivity contribution >= 4 is 6.03 Å². The molecule has 2 amide bonds. The van der Waals surface area contributed by atoms with Crippen molar-refractivity contribution in [2.24, 2.45) is 0 Å². The zero-order valence-corrected chi connectivity index (χ0v) is 15.5. The number of likely N-dealkylation sites (N-methyl/N-ethyl adjacent to an activating group) is 1. The van der Waals surface area contributed by atoms with E-state index in [1.807, 2.05) is 46.1 Å². The Labute approximate surface area is 144 Å². The molecule has 0 aromatic heterocycles. The minimum absolute atomic E-state index is 0.0657. The molecule has 24 heavy (non-hydrogen) atoms. The van der Waals surface area contributed by atoms with E-state index in [4.69, 9.17) is 9.47 Å². The third-order valence-corrected chi connectivity index (χ3v) is 4.31. The molecule has 1 aliphatic heterocycles. The second-order valence-electron chi connectivity index (χ2n) is 7.19. The molecule has 1 atom stereocenters. The van der Waals surface area contributed by atoms with Crippen LogP contribution in [0.15, 0.2) is 18.2 Å². The molecule has 0 fully saturated rings. The number of carbonyl (C=O) groups is 1. The van der Waals surface area contributed by atoms with Crippen molar-refractivity contribution in [1.29, 1.82) is 0 Å². The Kier molecular flexibility index (Phi) is 5.59. The molecule has 0 unspecified atom stereocenters. The molecule has 0 spiro atoms. The zero-order valence-electron chi connectivity index (χ0n) is 15.5. The van der Waals surface area contributed by atoms with Gasteiger partial charge in [0.25, 0.3) is 0 Å². The van der Waals surface area contributed by atoms with Crippen LogP contribution in [0.3, 0.4) is 0 Å². The number of nitrogens with zero attached hydrogens (tertiary/aromatic N) is 2. The van der Waals surface area contributed by atoms with Gasteiger partial charge < -0.3 is 24.6 Å². The van der Waals surface area contributed by atoms with Crippen molar-refractivity contribution in [3.63, 3.8) is 0 Å². The molecule has 6 heteroatoms. The van der Waals surface area contributed by atoms with Crippen molar-refractivity contribution in [1.82, 2.24) is 15.1 Å². The molecule has 1 aliphatic rings. The summed E-state index contributed by atoms with van der Waals surface area (Å²) in [7, 11) is 5.64. The van der Waals surface area contributed by atoms with Crippen molar-refractivity contribution in [3.05, 3.63) is 23.8 Å². The van der Waals surface area contributed by atoms with Crippen LogP contribution >= 0.6 is 0 Å². The zero-order chi connectivity index (χ0) is 17.9. The van der Waals surface area contributed by atoms with E-state index in [0.29, 0.717) is 19.6 Å². The van der Waals surface area contributed by atoms with Crippen LogP contribution in [0.4, 0.5) is 4.79 Å². The Hall–Kier alpha value is -1.95. The van der Waals surface area contributed by atoms with Crippen LogP contribution in [0.25, 0.3) is 0 Å². The summed E-state index contributed by atoms with van der Waals surface area (Å²) in [5, 5.41) is 3.02. The van der Waals surface area contributed by atoms with Crippen molar-refractivity contribution in [2.75, 3.05) is 34.3 Å². The standard InChI is InChI=1S/C18H29N3O3/c1-13(20(4)5)10-19-17(22)21-11-14-7-8-15(23-6)9-16(14)24-18(2,3)12-21/h7-9,13H,10-12H2,1-6H3,(H,19,22)/t13-/m0/s1. The highest BCUT2D eigenvalue weighted by atomic mass is 16.5. The summed E-state index contributed by atoms with van der Waals surface area (Å²) in [4.78, 5) is 16.5. The molecular formula is C18H29N3O3. The minimum Gasteiger partial charge on any atom is -0.497 e. The SMILES string of the molecule is COc1ccc2c(c1)OC(C)(C)CN(C(=O)NC[C@H](C)N(C)C)C2. The van der Waals surface area contributed by atoms with Gasteiger partial charge in [-0.1, -0.05) is 0 Å². The molecule has 0 bridgehead atoms. The Bertz CT molecular complexity index is 587. The maximum Gasteiger partial charge on any atom is 0.317 e. The number of amides is 2. The third-order valence-electron chi connectivity index (χ3n) is 4.31. The van der Waals surface area contributed by atoms with E-state index in [-0.39, 0.29) is 12.1 Å². The summed E-state index contributed by atoms with van der Waals surface area (Å²) in [6.07, 6.45) is 0. The molecule has 134 valence electrons. The van der Waals surface area contributed by atoms with Crippen LogP contribution in [0.1, 0.15) is 26.3 Å². The smallest absolute Gasteiger partial charge is 0.317 e. The molecular weight excluding hydrogens is 306 g/mol. The monoisotopic (exact) mass is 335 g/mol. The number of hydrogen-bond acceptors (Lipinski definition) is 4. The molecule has 1 N–H and O–H groups in total. The van der Waals surface area contributed by atoms with Gasteiger partial charge in [-0.15, -0.1) is 0 Å². The van der Waals surface area contributed by atoms with E-state index >= 15 is 0 Å². The van der Waals surface area contributed by atoms with E-state index < -0.39 is 5.60 Å². The Morgan fingerprint density at radius 1 is 1.46 bits per heavy atom. The molecule has 1 aromatic rings. The first-order chi connectivity index (χ1) is 11.2. The lowest BCUT2D eigenvalue weighted by Crippen LogP contribution is -2.49. The molecule has 1 aromatic carbocycles. The number of urea groups is 1. The highest BCUT2D eigenvalue weighted by Crippen LogP contribution is 2.32. The Morgan fingerprint density at radius 2 is 2.17 bits per heavy atom. The van der Waals surface area contributed by atoms with Gasteiger partial charge in [-0.05, 0) is 47.0 Å². The number of methoxy groups -OCH3 is 1. The first-order valence-electron chi connectivity index (χ1n) is 8.27. The Balaban J connectivity index is 2.14. The first kappa shape index (κ1) is 18.4. The number of rotatable bonds is 4. The number of fused-ring (bicyclic) bond motifs is 1. The van der Waals surface area contributed by atoms with Crippen LogP contribution < -0.4 is 14.8 Å². The number of ether oxygens (including phenoxy) is 2. The van der Waals surface area contributed by atoms with Gasteiger partial charge in [-0.25, -0.2) is 4.79 Å². The molecule has 1 heterocycles. The lowest BCUT2D eigenvalue weighted by atomic mass is 10.1. The van der Waals surface area contributed by atoms with Crippen LogP contribution in [0.5, 0.6) is 11.5 Å². The van der Waals surface area contributed by atoms with Gasteiger partial charge in [0.1, 0.15) is 17.1 Å².